The van der Waals surface area contributed by atoms with Crippen molar-refractivity contribution >= 4 is 11.8 Å². The van der Waals surface area contributed by atoms with E-state index in [9.17, 15) is 19.1 Å². The highest BCUT2D eigenvalue weighted by Crippen LogP contribution is 2.32. The van der Waals surface area contributed by atoms with Gasteiger partial charge >= 0.3 is 5.97 Å². The van der Waals surface area contributed by atoms with Crippen LogP contribution in [-0.2, 0) is 4.74 Å². The Morgan fingerprint density at radius 3 is 2.54 bits per heavy atom. The second-order valence-electron chi connectivity index (χ2n) is 6.86. The van der Waals surface area contributed by atoms with Crippen LogP contribution in [0.3, 0.4) is 0 Å². The number of hydrogen-bond donors (Lipinski definition) is 1. The van der Waals surface area contributed by atoms with Crippen LogP contribution in [-0.4, -0.2) is 40.6 Å². The van der Waals surface area contributed by atoms with Gasteiger partial charge in [0, 0.05) is 13.1 Å². The summed E-state index contributed by atoms with van der Waals surface area (Å²) in [5.74, 6) is -1.74. The molecule has 0 atom stereocenters. The smallest absolute Gasteiger partial charge is 0.347 e. The molecule has 0 amide bonds. The zero-order valence-electron chi connectivity index (χ0n) is 16.0. The van der Waals surface area contributed by atoms with Crippen LogP contribution in [0.2, 0.25) is 0 Å². The van der Waals surface area contributed by atoms with Crippen LogP contribution in [0.4, 0.5) is 10.2 Å². The van der Waals surface area contributed by atoms with Gasteiger partial charge in [0.05, 0.1) is 12.3 Å². The first-order chi connectivity index (χ1) is 13.4. The van der Waals surface area contributed by atoms with Gasteiger partial charge in [-0.2, -0.15) is 4.68 Å². The summed E-state index contributed by atoms with van der Waals surface area (Å²) in [5, 5.41) is 15.0. The molecule has 1 aromatic heterocycles. The maximum absolute atomic E-state index is 13.3. The van der Waals surface area contributed by atoms with Crippen LogP contribution in [0.5, 0.6) is 5.75 Å². The van der Waals surface area contributed by atoms with Crippen molar-refractivity contribution in [1.29, 1.82) is 0 Å². The summed E-state index contributed by atoms with van der Waals surface area (Å²) in [7, 11) is 1.78. The standard InChI is InChI=1S/C20H24FN3O4/c1-3-28-20(27)16-17(25)18(23(2)14-7-5-4-6-8-14)22-24(19(16)26)15-11-9-13(21)10-12-15/h9-12,14,25H,3-8H2,1-2H3. The molecule has 1 heterocycles. The van der Waals surface area contributed by atoms with E-state index in [1.165, 1.54) is 24.3 Å². The minimum Gasteiger partial charge on any atom is -0.503 e. The summed E-state index contributed by atoms with van der Waals surface area (Å²) in [6.07, 6.45) is 5.16. The molecule has 1 aromatic carbocycles. The van der Waals surface area contributed by atoms with Gasteiger partial charge in [0.2, 0.25) is 0 Å². The van der Waals surface area contributed by atoms with Crippen molar-refractivity contribution in [2.75, 3.05) is 18.6 Å². The number of nitrogens with zero attached hydrogens (tertiary/aromatic N) is 3. The molecule has 1 N–H and O–H groups in total. The first kappa shape index (κ1) is 19.9. The summed E-state index contributed by atoms with van der Waals surface area (Å²) in [5.41, 5.74) is -1.00. The van der Waals surface area contributed by atoms with Gasteiger partial charge < -0.3 is 14.7 Å². The summed E-state index contributed by atoms with van der Waals surface area (Å²) in [6.45, 7) is 1.67. The third-order valence-electron chi connectivity index (χ3n) is 5.06. The minimum atomic E-state index is -0.915. The molecule has 0 saturated heterocycles. The van der Waals surface area contributed by atoms with E-state index in [4.69, 9.17) is 4.74 Å². The number of anilines is 1. The average molecular weight is 389 g/mol. The third-order valence-corrected chi connectivity index (χ3v) is 5.06. The van der Waals surface area contributed by atoms with Crippen molar-refractivity contribution in [1.82, 2.24) is 9.78 Å². The van der Waals surface area contributed by atoms with Crippen LogP contribution < -0.4 is 10.5 Å². The van der Waals surface area contributed by atoms with E-state index in [-0.39, 0.29) is 24.2 Å². The van der Waals surface area contributed by atoms with E-state index in [0.29, 0.717) is 0 Å². The van der Waals surface area contributed by atoms with E-state index in [0.717, 1.165) is 36.8 Å². The van der Waals surface area contributed by atoms with Crippen molar-refractivity contribution in [3.8, 4) is 11.4 Å². The van der Waals surface area contributed by atoms with Crippen molar-refractivity contribution < 1.29 is 19.0 Å². The van der Waals surface area contributed by atoms with Gasteiger partial charge in [-0.05, 0) is 44.0 Å². The van der Waals surface area contributed by atoms with Crippen LogP contribution in [0.25, 0.3) is 5.69 Å². The average Bonchev–Trinajstić information content (AvgIpc) is 2.69. The number of esters is 1. The zero-order chi connectivity index (χ0) is 20.3. The first-order valence-corrected chi connectivity index (χ1v) is 9.46. The van der Waals surface area contributed by atoms with Gasteiger partial charge in [0.15, 0.2) is 17.1 Å². The highest BCUT2D eigenvalue weighted by atomic mass is 19.1. The number of halogens is 1. The Balaban J connectivity index is 2.16. The topological polar surface area (TPSA) is 84.7 Å². The molecule has 1 aliphatic carbocycles. The highest BCUT2D eigenvalue weighted by molar-refractivity contribution is 5.93. The molecule has 0 radical (unpaired) electrons. The molecular weight excluding hydrogens is 365 g/mol. The number of aromatic hydroxyl groups is 1. The zero-order valence-corrected chi connectivity index (χ0v) is 16.0. The Kier molecular flexibility index (Phi) is 5.96. The SMILES string of the molecule is CCOC(=O)c1c(O)c(N(C)C2CCCCC2)nn(-c2ccc(F)cc2)c1=O. The van der Waals surface area contributed by atoms with Crippen LogP contribution in [0.1, 0.15) is 49.4 Å². The molecule has 1 aliphatic rings. The van der Waals surface area contributed by atoms with E-state index < -0.39 is 28.7 Å². The quantitative estimate of drug-likeness (QED) is 0.792. The normalized spacial score (nSPS) is 14.7. The first-order valence-electron chi connectivity index (χ1n) is 9.46. The van der Waals surface area contributed by atoms with Gasteiger partial charge in [-0.15, -0.1) is 5.10 Å². The van der Waals surface area contributed by atoms with Crippen molar-refractivity contribution in [3.63, 3.8) is 0 Å². The van der Waals surface area contributed by atoms with Crippen molar-refractivity contribution in [2.24, 2.45) is 0 Å². The van der Waals surface area contributed by atoms with Crippen LogP contribution in [0, 0.1) is 5.82 Å². The number of carbonyl (C=O) groups excluding carboxylic acids is 1. The van der Waals surface area contributed by atoms with E-state index in [2.05, 4.69) is 5.10 Å². The second kappa shape index (κ2) is 8.41. The molecule has 2 aromatic rings. The number of ether oxygens (including phenoxy) is 1. The summed E-state index contributed by atoms with van der Waals surface area (Å²) in [4.78, 5) is 27.0. The molecule has 7 nitrogen and oxygen atoms in total. The van der Waals surface area contributed by atoms with Gasteiger partial charge in [-0.25, -0.2) is 9.18 Å². The summed E-state index contributed by atoms with van der Waals surface area (Å²) >= 11 is 0. The number of benzene rings is 1. The predicted molar refractivity (Wildman–Crippen MR) is 103 cm³/mol. The Morgan fingerprint density at radius 2 is 1.93 bits per heavy atom. The largest absolute Gasteiger partial charge is 0.503 e. The fraction of sp³-hybridized carbons (Fsp3) is 0.450. The molecule has 0 aliphatic heterocycles. The van der Waals surface area contributed by atoms with E-state index in [1.807, 2.05) is 0 Å². The lowest BCUT2D eigenvalue weighted by atomic mass is 9.94. The molecule has 0 bridgehead atoms. The van der Waals surface area contributed by atoms with Crippen LogP contribution >= 0.6 is 0 Å². The Hall–Kier alpha value is -2.90. The van der Waals surface area contributed by atoms with Gasteiger partial charge in [0.1, 0.15) is 5.82 Å². The van der Waals surface area contributed by atoms with Crippen LogP contribution in [0.15, 0.2) is 29.1 Å². The Bertz CT molecular complexity index is 905. The Labute approximate surface area is 162 Å². The lowest BCUT2D eigenvalue weighted by Gasteiger charge is -2.32. The maximum Gasteiger partial charge on any atom is 0.347 e. The van der Waals surface area contributed by atoms with Gasteiger partial charge in [0.25, 0.3) is 5.56 Å². The fourth-order valence-corrected chi connectivity index (χ4v) is 3.53. The summed E-state index contributed by atoms with van der Waals surface area (Å²) in [6, 6.07) is 5.32. The van der Waals surface area contributed by atoms with Crippen molar-refractivity contribution in [3.05, 3.63) is 46.0 Å². The third kappa shape index (κ3) is 3.85. The molecule has 3 rings (SSSR count). The molecule has 1 fully saturated rings. The lowest BCUT2D eigenvalue weighted by Crippen LogP contribution is -2.37. The second-order valence-corrected chi connectivity index (χ2v) is 6.86. The van der Waals surface area contributed by atoms with Gasteiger partial charge in [-0.3, -0.25) is 4.79 Å². The van der Waals surface area contributed by atoms with Gasteiger partial charge in [-0.1, -0.05) is 19.3 Å². The molecular formula is C20H24FN3O4. The predicted octanol–water partition coefficient (Wildman–Crippen LogP) is 3.02. The molecule has 8 heteroatoms. The minimum absolute atomic E-state index is 0.0599. The lowest BCUT2D eigenvalue weighted by molar-refractivity contribution is 0.0520. The number of rotatable bonds is 5. The monoisotopic (exact) mass is 389 g/mol. The molecule has 1 saturated carbocycles. The molecule has 28 heavy (non-hydrogen) atoms. The molecule has 0 spiro atoms. The molecule has 0 unspecified atom stereocenters. The summed E-state index contributed by atoms with van der Waals surface area (Å²) < 4.78 is 19.3. The van der Waals surface area contributed by atoms with E-state index in [1.54, 1.807) is 18.9 Å². The fourth-order valence-electron chi connectivity index (χ4n) is 3.53. The van der Waals surface area contributed by atoms with Crippen molar-refractivity contribution in [2.45, 2.75) is 45.1 Å². The number of aromatic nitrogens is 2. The maximum atomic E-state index is 13.3. The number of hydrogen-bond acceptors (Lipinski definition) is 6. The molecule has 150 valence electrons. The number of carbonyl (C=O) groups is 1. The Morgan fingerprint density at radius 1 is 1.29 bits per heavy atom. The highest BCUT2D eigenvalue weighted by Gasteiger charge is 2.29. The van der Waals surface area contributed by atoms with E-state index >= 15 is 0 Å².